The topological polar surface area (TPSA) is 86.8 Å². The van der Waals surface area contributed by atoms with E-state index >= 15 is 0 Å². The van der Waals surface area contributed by atoms with Crippen molar-refractivity contribution >= 4 is 27.5 Å². The minimum Gasteiger partial charge on any atom is -0.352 e. The number of sulfonamides is 1. The molecule has 1 aliphatic carbocycles. The molecule has 0 unspecified atom stereocenters. The van der Waals surface area contributed by atoms with Gasteiger partial charge in [-0.2, -0.15) is 0 Å². The van der Waals surface area contributed by atoms with Crippen LogP contribution in [0.2, 0.25) is 0 Å². The number of nitrogens with zero attached hydrogens (tertiary/aromatic N) is 2. The standard InChI is InChI=1S/C25H32FN3O4S/c1-18-12-14-22(15-13-18)29(34(3,32)33)17-24(30)28(16-20-8-4-7-11-23(20)26)19(2)25(31)27-21-9-5-6-10-21/h4,7-8,11-15,19,21H,5-6,9-10,16-17H2,1-3H3,(H,27,31)/t19-/m0/s1. The molecule has 2 amide bonds. The molecule has 0 bridgehead atoms. The predicted octanol–water partition coefficient (Wildman–Crippen LogP) is 3.38. The van der Waals surface area contributed by atoms with Crippen molar-refractivity contribution in [1.82, 2.24) is 10.2 Å². The second-order valence-electron chi connectivity index (χ2n) is 8.88. The van der Waals surface area contributed by atoms with Gasteiger partial charge in [0, 0.05) is 18.2 Å². The molecule has 34 heavy (non-hydrogen) atoms. The Hall–Kier alpha value is -2.94. The van der Waals surface area contributed by atoms with E-state index in [-0.39, 0.29) is 24.1 Å². The normalized spacial score (nSPS) is 15.1. The summed E-state index contributed by atoms with van der Waals surface area (Å²) in [6, 6.07) is 11.9. The van der Waals surface area contributed by atoms with Gasteiger partial charge in [-0.15, -0.1) is 0 Å². The first-order valence-electron chi connectivity index (χ1n) is 11.4. The molecule has 9 heteroatoms. The molecule has 2 aromatic carbocycles. The number of amides is 2. The molecular weight excluding hydrogens is 457 g/mol. The van der Waals surface area contributed by atoms with E-state index in [1.54, 1.807) is 49.4 Å². The van der Waals surface area contributed by atoms with Crippen molar-refractivity contribution in [3.8, 4) is 0 Å². The monoisotopic (exact) mass is 489 g/mol. The summed E-state index contributed by atoms with van der Waals surface area (Å²) in [7, 11) is -3.79. The zero-order valence-corrected chi connectivity index (χ0v) is 20.6. The number of nitrogens with one attached hydrogen (secondary N) is 1. The van der Waals surface area contributed by atoms with E-state index in [4.69, 9.17) is 0 Å². The number of benzene rings is 2. The van der Waals surface area contributed by atoms with Crippen LogP contribution in [0.4, 0.5) is 10.1 Å². The third kappa shape index (κ3) is 6.56. The Kier molecular flexibility index (Phi) is 8.30. The van der Waals surface area contributed by atoms with Gasteiger partial charge in [-0.3, -0.25) is 13.9 Å². The molecule has 0 spiro atoms. The minimum atomic E-state index is -3.79. The highest BCUT2D eigenvalue weighted by Gasteiger charge is 2.31. The number of aryl methyl sites for hydroxylation is 1. The molecule has 1 saturated carbocycles. The molecule has 1 N–H and O–H groups in total. The van der Waals surface area contributed by atoms with Crippen LogP contribution in [-0.2, 0) is 26.2 Å². The molecule has 7 nitrogen and oxygen atoms in total. The molecule has 184 valence electrons. The maximum atomic E-state index is 14.4. The quantitative estimate of drug-likeness (QED) is 0.585. The molecule has 1 fully saturated rings. The average molecular weight is 490 g/mol. The van der Waals surface area contributed by atoms with Gasteiger partial charge in [0.25, 0.3) is 0 Å². The van der Waals surface area contributed by atoms with Crippen LogP contribution in [-0.4, -0.2) is 50.0 Å². The third-order valence-corrected chi connectivity index (χ3v) is 7.31. The van der Waals surface area contributed by atoms with Crippen molar-refractivity contribution in [3.63, 3.8) is 0 Å². The molecular formula is C25H32FN3O4S. The van der Waals surface area contributed by atoms with Gasteiger partial charge in [-0.1, -0.05) is 48.7 Å². The van der Waals surface area contributed by atoms with Crippen LogP contribution in [0.15, 0.2) is 48.5 Å². The summed E-state index contributed by atoms with van der Waals surface area (Å²) < 4.78 is 40.5. The summed E-state index contributed by atoms with van der Waals surface area (Å²) >= 11 is 0. The fraction of sp³-hybridized carbons (Fsp3) is 0.440. The highest BCUT2D eigenvalue weighted by Crippen LogP contribution is 2.21. The summed E-state index contributed by atoms with van der Waals surface area (Å²) in [5.41, 5.74) is 1.54. The smallest absolute Gasteiger partial charge is 0.244 e. The van der Waals surface area contributed by atoms with Gasteiger partial charge < -0.3 is 10.2 Å². The molecule has 0 aliphatic heterocycles. The summed E-state index contributed by atoms with van der Waals surface area (Å²) in [6.45, 7) is 2.80. The Morgan fingerprint density at radius 3 is 2.29 bits per heavy atom. The van der Waals surface area contributed by atoms with Crippen LogP contribution in [0.5, 0.6) is 0 Å². The first kappa shape index (κ1) is 25.7. The first-order valence-corrected chi connectivity index (χ1v) is 13.3. The minimum absolute atomic E-state index is 0.0560. The number of rotatable bonds is 9. The zero-order valence-electron chi connectivity index (χ0n) is 19.8. The first-order chi connectivity index (χ1) is 16.1. The summed E-state index contributed by atoms with van der Waals surface area (Å²) in [4.78, 5) is 27.7. The number of halogens is 1. The van der Waals surface area contributed by atoms with E-state index < -0.39 is 34.3 Å². The molecule has 0 radical (unpaired) electrons. The fourth-order valence-corrected chi connectivity index (χ4v) is 4.96. The maximum Gasteiger partial charge on any atom is 0.244 e. The summed E-state index contributed by atoms with van der Waals surface area (Å²) in [5.74, 6) is -1.43. The summed E-state index contributed by atoms with van der Waals surface area (Å²) in [6.07, 6.45) is 4.87. The number of hydrogen-bond donors (Lipinski definition) is 1. The molecule has 0 heterocycles. The van der Waals surface area contributed by atoms with Crippen molar-refractivity contribution in [1.29, 1.82) is 0 Å². The molecule has 0 aromatic heterocycles. The van der Waals surface area contributed by atoms with Crippen molar-refractivity contribution in [2.75, 3.05) is 17.1 Å². The third-order valence-electron chi connectivity index (χ3n) is 6.17. The predicted molar refractivity (Wildman–Crippen MR) is 130 cm³/mol. The van der Waals surface area contributed by atoms with Gasteiger partial charge in [0.1, 0.15) is 18.4 Å². The highest BCUT2D eigenvalue weighted by atomic mass is 32.2. The maximum absolute atomic E-state index is 14.4. The van der Waals surface area contributed by atoms with Crippen LogP contribution in [0.25, 0.3) is 0 Å². The Morgan fingerprint density at radius 2 is 1.71 bits per heavy atom. The van der Waals surface area contributed by atoms with Crippen LogP contribution in [0, 0.1) is 12.7 Å². The van der Waals surface area contributed by atoms with Gasteiger partial charge in [0.2, 0.25) is 21.8 Å². The van der Waals surface area contributed by atoms with Crippen molar-refractivity contribution < 1.29 is 22.4 Å². The van der Waals surface area contributed by atoms with Crippen LogP contribution < -0.4 is 9.62 Å². The number of hydrogen-bond acceptors (Lipinski definition) is 4. The second-order valence-corrected chi connectivity index (χ2v) is 10.8. The zero-order chi connectivity index (χ0) is 24.9. The lowest BCUT2D eigenvalue weighted by Gasteiger charge is -2.32. The van der Waals surface area contributed by atoms with Gasteiger partial charge in [0.15, 0.2) is 0 Å². The van der Waals surface area contributed by atoms with E-state index in [2.05, 4.69) is 5.32 Å². The average Bonchev–Trinajstić information content (AvgIpc) is 3.29. The molecule has 2 aromatic rings. The Balaban J connectivity index is 1.88. The Morgan fingerprint density at radius 1 is 1.09 bits per heavy atom. The van der Waals surface area contributed by atoms with Gasteiger partial charge in [-0.05, 0) is 44.9 Å². The van der Waals surface area contributed by atoms with Crippen molar-refractivity contribution in [2.24, 2.45) is 0 Å². The van der Waals surface area contributed by atoms with E-state index in [0.29, 0.717) is 5.69 Å². The molecule has 1 aliphatic rings. The summed E-state index contributed by atoms with van der Waals surface area (Å²) in [5, 5.41) is 2.98. The van der Waals surface area contributed by atoms with Crippen LogP contribution in [0.1, 0.15) is 43.7 Å². The van der Waals surface area contributed by atoms with Crippen molar-refractivity contribution in [3.05, 3.63) is 65.5 Å². The van der Waals surface area contributed by atoms with Crippen molar-refractivity contribution in [2.45, 2.75) is 58.2 Å². The van der Waals surface area contributed by atoms with Gasteiger partial charge in [0.05, 0.1) is 11.9 Å². The fourth-order valence-electron chi connectivity index (χ4n) is 4.11. The molecule has 0 saturated heterocycles. The lowest BCUT2D eigenvalue weighted by atomic mass is 10.1. The number of carbonyl (C=O) groups is 2. The van der Waals surface area contributed by atoms with Crippen LogP contribution >= 0.6 is 0 Å². The van der Waals surface area contributed by atoms with E-state index in [1.165, 1.54) is 11.0 Å². The van der Waals surface area contributed by atoms with E-state index in [0.717, 1.165) is 41.8 Å². The largest absolute Gasteiger partial charge is 0.352 e. The lowest BCUT2D eigenvalue weighted by molar-refractivity contribution is -0.139. The Bertz CT molecular complexity index is 1120. The Labute approximate surface area is 201 Å². The molecule has 3 rings (SSSR count). The molecule has 1 atom stereocenters. The van der Waals surface area contributed by atoms with Gasteiger partial charge >= 0.3 is 0 Å². The SMILES string of the molecule is Cc1ccc(N(CC(=O)N(Cc2ccccc2F)[C@@H](C)C(=O)NC2CCCC2)S(C)(=O)=O)cc1. The highest BCUT2D eigenvalue weighted by molar-refractivity contribution is 7.92. The van der Waals surface area contributed by atoms with E-state index in [1.807, 2.05) is 6.92 Å². The lowest BCUT2D eigenvalue weighted by Crippen LogP contribution is -2.52. The number of anilines is 1. The number of carbonyl (C=O) groups excluding carboxylic acids is 2. The van der Waals surface area contributed by atoms with Gasteiger partial charge in [-0.25, -0.2) is 12.8 Å². The van der Waals surface area contributed by atoms with Crippen LogP contribution in [0.3, 0.4) is 0 Å². The second kappa shape index (κ2) is 11.0. The van der Waals surface area contributed by atoms with E-state index in [9.17, 15) is 22.4 Å².